The SMILES string of the molecule is Cc1ccc(Nc2ccc(NCCNC(=O)c3ccccc3Cl)nn2)nc1. The molecule has 3 rings (SSSR count). The molecule has 0 aliphatic rings. The van der Waals surface area contributed by atoms with E-state index in [9.17, 15) is 4.79 Å². The number of carbonyl (C=O) groups is 1. The molecule has 0 fully saturated rings. The lowest BCUT2D eigenvalue weighted by atomic mass is 10.2. The van der Waals surface area contributed by atoms with Crippen LogP contribution in [0.5, 0.6) is 0 Å². The van der Waals surface area contributed by atoms with Gasteiger partial charge in [-0.05, 0) is 42.8 Å². The van der Waals surface area contributed by atoms with Crippen LogP contribution in [0.15, 0.2) is 54.7 Å². The van der Waals surface area contributed by atoms with Crippen molar-refractivity contribution < 1.29 is 4.79 Å². The molecule has 0 atom stereocenters. The van der Waals surface area contributed by atoms with E-state index < -0.39 is 0 Å². The molecule has 0 saturated heterocycles. The van der Waals surface area contributed by atoms with E-state index in [1.807, 2.05) is 19.1 Å². The number of anilines is 3. The highest BCUT2D eigenvalue weighted by Crippen LogP contribution is 2.14. The summed E-state index contributed by atoms with van der Waals surface area (Å²) in [6, 6.07) is 14.4. The van der Waals surface area contributed by atoms with Crippen LogP contribution in [0.2, 0.25) is 5.02 Å². The maximum Gasteiger partial charge on any atom is 0.252 e. The van der Waals surface area contributed by atoms with Crippen LogP contribution in [0, 0.1) is 6.92 Å². The Labute approximate surface area is 162 Å². The van der Waals surface area contributed by atoms with Crippen molar-refractivity contribution >= 4 is 35.0 Å². The molecule has 3 N–H and O–H groups in total. The first-order valence-electron chi connectivity index (χ1n) is 8.42. The number of pyridine rings is 1. The fourth-order valence-electron chi connectivity index (χ4n) is 2.27. The van der Waals surface area contributed by atoms with Gasteiger partial charge in [0.15, 0.2) is 5.82 Å². The number of nitrogens with one attached hydrogen (secondary N) is 3. The third kappa shape index (κ3) is 5.39. The minimum atomic E-state index is -0.210. The number of amides is 1. The Hall–Kier alpha value is -3.19. The predicted molar refractivity (Wildman–Crippen MR) is 107 cm³/mol. The van der Waals surface area contributed by atoms with E-state index in [2.05, 4.69) is 31.1 Å². The minimum absolute atomic E-state index is 0.210. The summed E-state index contributed by atoms with van der Waals surface area (Å²) in [5, 5.41) is 17.6. The molecule has 138 valence electrons. The van der Waals surface area contributed by atoms with Crippen molar-refractivity contribution in [3.63, 3.8) is 0 Å². The summed E-state index contributed by atoms with van der Waals surface area (Å²) in [5.41, 5.74) is 1.55. The van der Waals surface area contributed by atoms with Gasteiger partial charge in [-0.1, -0.05) is 29.8 Å². The first-order chi connectivity index (χ1) is 13.1. The van der Waals surface area contributed by atoms with Gasteiger partial charge in [0.1, 0.15) is 11.6 Å². The third-order valence-electron chi connectivity index (χ3n) is 3.67. The fourth-order valence-corrected chi connectivity index (χ4v) is 2.49. The van der Waals surface area contributed by atoms with Crippen LogP contribution in [-0.2, 0) is 0 Å². The lowest BCUT2D eigenvalue weighted by Gasteiger charge is -2.09. The lowest BCUT2D eigenvalue weighted by Crippen LogP contribution is -2.29. The summed E-state index contributed by atoms with van der Waals surface area (Å²) in [5.74, 6) is 1.71. The topological polar surface area (TPSA) is 91.8 Å². The number of halogens is 1. The van der Waals surface area contributed by atoms with Crippen LogP contribution in [0.4, 0.5) is 17.5 Å². The maximum atomic E-state index is 12.1. The highest BCUT2D eigenvalue weighted by Gasteiger charge is 2.08. The Morgan fingerprint density at radius 1 is 0.963 bits per heavy atom. The van der Waals surface area contributed by atoms with Gasteiger partial charge in [-0.15, -0.1) is 10.2 Å². The smallest absolute Gasteiger partial charge is 0.252 e. The number of rotatable bonds is 7. The van der Waals surface area contributed by atoms with E-state index in [1.54, 1.807) is 42.6 Å². The molecular weight excluding hydrogens is 364 g/mol. The van der Waals surface area contributed by atoms with E-state index in [-0.39, 0.29) is 5.91 Å². The van der Waals surface area contributed by atoms with Gasteiger partial charge in [0.2, 0.25) is 0 Å². The monoisotopic (exact) mass is 382 g/mol. The van der Waals surface area contributed by atoms with Crippen LogP contribution < -0.4 is 16.0 Å². The summed E-state index contributed by atoms with van der Waals surface area (Å²) in [7, 11) is 0. The molecule has 7 nitrogen and oxygen atoms in total. The second-order valence-corrected chi connectivity index (χ2v) is 6.22. The average Bonchev–Trinajstić information content (AvgIpc) is 2.68. The fraction of sp³-hybridized carbons (Fsp3) is 0.158. The summed E-state index contributed by atoms with van der Waals surface area (Å²) >= 11 is 6.00. The van der Waals surface area contributed by atoms with Crippen molar-refractivity contribution in [2.45, 2.75) is 6.92 Å². The molecule has 0 bridgehead atoms. The average molecular weight is 383 g/mol. The number of hydrogen-bond acceptors (Lipinski definition) is 6. The lowest BCUT2D eigenvalue weighted by molar-refractivity contribution is 0.0955. The first kappa shape index (κ1) is 18.6. The highest BCUT2D eigenvalue weighted by molar-refractivity contribution is 6.33. The normalized spacial score (nSPS) is 10.3. The Morgan fingerprint density at radius 3 is 2.41 bits per heavy atom. The second kappa shape index (κ2) is 8.95. The molecule has 8 heteroatoms. The van der Waals surface area contributed by atoms with Crippen molar-refractivity contribution in [2.75, 3.05) is 23.7 Å². The third-order valence-corrected chi connectivity index (χ3v) is 4.00. The van der Waals surface area contributed by atoms with E-state index in [1.165, 1.54) is 0 Å². The summed E-state index contributed by atoms with van der Waals surface area (Å²) in [6.07, 6.45) is 1.78. The molecule has 1 amide bonds. The van der Waals surface area contributed by atoms with Crippen LogP contribution in [0.25, 0.3) is 0 Å². The molecule has 0 saturated carbocycles. The van der Waals surface area contributed by atoms with Crippen molar-refractivity contribution in [3.05, 3.63) is 70.9 Å². The molecule has 0 radical (unpaired) electrons. The van der Waals surface area contributed by atoms with Crippen LogP contribution in [-0.4, -0.2) is 34.2 Å². The number of carbonyl (C=O) groups excluding carboxylic acids is 1. The zero-order valence-electron chi connectivity index (χ0n) is 14.7. The van der Waals surface area contributed by atoms with Gasteiger partial charge >= 0.3 is 0 Å². The molecule has 0 unspecified atom stereocenters. The highest BCUT2D eigenvalue weighted by atomic mass is 35.5. The van der Waals surface area contributed by atoms with E-state index >= 15 is 0 Å². The quantitative estimate of drug-likeness (QED) is 0.542. The number of benzene rings is 1. The molecule has 2 aromatic heterocycles. The van der Waals surface area contributed by atoms with Gasteiger partial charge in [0.25, 0.3) is 5.91 Å². The molecular formula is C19H19ClN6O. The zero-order valence-corrected chi connectivity index (χ0v) is 15.5. The van der Waals surface area contributed by atoms with Gasteiger partial charge in [0, 0.05) is 19.3 Å². The van der Waals surface area contributed by atoms with Gasteiger partial charge in [-0.2, -0.15) is 0 Å². The molecule has 0 spiro atoms. The predicted octanol–water partition coefficient (Wildman–Crippen LogP) is 3.42. The van der Waals surface area contributed by atoms with E-state index in [4.69, 9.17) is 11.6 Å². The summed E-state index contributed by atoms with van der Waals surface area (Å²) in [4.78, 5) is 16.3. The van der Waals surface area contributed by atoms with Crippen LogP contribution in [0.1, 0.15) is 15.9 Å². The summed E-state index contributed by atoms with van der Waals surface area (Å²) < 4.78 is 0. The number of nitrogens with zero attached hydrogens (tertiary/aromatic N) is 3. The molecule has 3 aromatic rings. The van der Waals surface area contributed by atoms with Gasteiger partial charge < -0.3 is 16.0 Å². The summed E-state index contributed by atoms with van der Waals surface area (Å²) in [6.45, 7) is 2.92. The Kier molecular flexibility index (Phi) is 6.17. The first-order valence-corrected chi connectivity index (χ1v) is 8.79. The molecule has 1 aromatic carbocycles. The van der Waals surface area contributed by atoms with Crippen LogP contribution in [0.3, 0.4) is 0 Å². The molecule has 2 heterocycles. The van der Waals surface area contributed by atoms with E-state index in [0.717, 1.165) is 5.56 Å². The Bertz CT molecular complexity index is 899. The minimum Gasteiger partial charge on any atom is -0.367 e. The maximum absolute atomic E-state index is 12.1. The molecule has 27 heavy (non-hydrogen) atoms. The number of aryl methyl sites for hydroxylation is 1. The van der Waals surface area contributed by atoms with E-state index in [0.29, 0.717) is 41.1 Å². The largest absolute Gasteiger partial charge is 0.367 e. The van der Waals surface area contributed by atoms with Crippen molar-refractivity contribution in [3.8, 4) is 0 Å². The molecule has 0 aliphatic carbocycles. The molecule has 0 aliphatic heterocycles. The number of aromatic nitrogens is 3. The standard InChI is InChI=1S/C19H19ClN6O/c1-13-6-7-16(23-12-13)24-18-9-8-17(25-26-18)21-10-11-22-19(27)14-4-2-3-5-15(14)20/h2-9,12H,10-11H2,1H3,(H,21,25)(H,22,27)(H,23,24,26). The van der Waals surface area contributed by atoms with Gasteiger partial charge in [-0.3, -0.25) is 4.79 Å². The van der Waals surface area contributed by atoms with Gasteiger partial charge in [-0.25, -0.2) is 4.98 Å². The van der Waals surface area contributed by atoms with Gasteiger partial charge in [0.05, 0.1) is 10.6 Å². The number of hydrogen-bond donors (Lipinski definition) is 3. The van der Waals surface area contributed by atoms with Crippen molar-refractivity contribution in [1.29, 1.82) is 0 Å². The van der Waals surface area contributed by atoms with Crippen molar-refractivity contribution in [1.82, 2.24) is 20.5 Å². The zero-order chi connectivity index (χ0) is 19.1. The van der Waals surface area contributed by atoms with Crippen molar-refractivity contribution in [2.24, 2.45) is 0 Å². The Morgan fingerprint density at radius 2 is 1.70 bits per heavy atom. The Balaban J connectivity index is 1.44. The van der Waals surface area contributed by atoms with Crippen LogP contribution >= 0.6 is 11.6 Å². The second-order valence-electron chi connectivity index (χ2n) is 5.81.